The summed E-state index contributed by atoms with van der Waals surface area (Å²) in [6.07, 6.45) is 0. The van der Waals surface area contributed by atoms with Crippen LogP contribution < -0.4 is 14.2 Å². The molecule has 1 fully saturated rings. The van der Waals surface area contributed by atoms with Gasteiger partial charge in [-0.25, -0.2) is 0 Å². The Morgan fingerprint density at radius 3 is 2.63 bits per heavy atom. The second-order valence-corrected chi connectivity index (χ2v) is 8.11. The number of thioether (sulfide) groups is 1. The molecule has 1 saturated heterocycles. The predicted octanol–water partition coefficient (Wildman–Crippen LogP) is 5.14. The van der Waals surface area contributed by atoms with Crippen molar-refractivity contribution >= 4 is 28.4 Å². The molecule has 0 bridgehead atoms. The van der Waals surface area contributed by atoms with Gasteiger partial charge in [-0.3, -0.25) is 4.79 Å². The zero-order chi connectivity index (χ0) is 21.1. The molecule has 3 aromatic carbocycles. The van der Waals surface area contributed by atoms with E-state index in [0.717, 1.165) is 33.6 Å². The SMILES string of the molecule is CCOc1ccc2ccccc2c1C(=O)N1CCSC1c1cc(OC)ccc1OC. The van der Waals surface area contributed by atoms with Crippen LogP contribution in [-0.4, -0.2) is 43.9 Å². The van der Waals surface area contributed by atoms with Crippen molar-refractivity contribution in [1.82, 2.24) is 4.90 Å². The number of methoxy groups -OCH3 is 2. The molecule has 4 rings (SSSR count). The van der Waals surface area contributed by atoms with Gasteiger partial charge in [-0.15, -0.1) is 11.8 Å². The average molecular weight is 424 g/mol. The monoisotopic (exact) mass is 423 g/mol. The zero-order valence-corrected chi connectivity index (χ0v) is 18.2. The Labute approximate surface area is 180 Å². The summed E-state index contributed by atoms with van der Waals surface area (Å²) in [6.45, 7) is 3.09. The molecule has 5 nitrogen and oxygen atoms in total. The van der Waals surface area contributed by atoms with Crippen LogP contribution in [0, 0.1) is 0 Å². The summed E-state index contributed by atoms with van der Waals surface area (Å²) in [5.74, 6) is 2.93. The van der Waals surface area contributed by atoms with Crippen molar-refractivity contribution in [2.75, 3.05) is 33.1 Å². The topological polar surface area (TPSA) is 48.0 Å². The lowest BCUT2D eigenvalue weighted by Crippen LogP contribution is -2.31. The number of amides is 1. The Bertz CT molecular complexity index is 1070. The normalized spacial score (nSPS) is 16.0. The van der Waals surface area contributed by atoms with Crippen molar-refractivity contribution in [1.29, 1.82) is 0 Å². The van der Waals surface area contributed by atoms with E-state index in [4.69, 9.17) is 14.2 Å². The lowest BCUT2D eigenvalue weighted by Gasteiger charge is -2.27. The summed E-state index contributed by atoms with van der Waals surface area (Å²) in [5, 5.41) is 1.77. The highest BCUT2D eigenvalue weighted by atomic mass is 32.2. The summed E-state index contributed by atoms with van der Waals surface area (Å²) in [5.41, 5.74) is 1.55. The summed E-state index contributed by atoms with van der Waals surface area (Å²) in [4.78, 5) is 15.8. The predicted molar refractivity (Wildman–Crippen MR) is 121 cm³/mol. The average Bonchev–Trinajstić information content (AvgIpc) is 3.28. The van der Waals surface area contributed by atoms with Gasteiger partial charge in [-0.2, -0.15) is 0 Å². The molecule has 1 atom stereocenters. The van der Waals surface area contributed by atoms with Crippen LogP contribution in [0.2, 0.25) is 0 Å². The first-order valence-electron chi connectivity index (χ1n) is 9.97. The van der Waals surface area contributed by atoms with Gasteiger partial charge in [0, 0.05) is 17.9 Å². The third kappa shape index (κ3) is 3.67. The molecule has 0 aliphatic carbocycles. The molecule has 1 aliphatic heterocycles. The molecule has 3 aromatic rings. The number of carbonyl (C=O) groups is 1. The van der Waals surface area contributed by atoms with E-state index in [1.165, 1.54) is 0 Å². The highest BCUT2D eigenvalue weighted by molar-refractivity contribution is 7.99. The van der Waals surface area contributed by atoms with Crippen LogP contribution in [-0.2, 0) is 0 Å². The van der Waals surface area contributed by atoms with Gasteiger partial charge < -0.3 is 19.1 Å². The molecule has 30 heavy (non-hydrogen) atoms. The summed E-state index contributed by atoms with van der Waals surface area (Å²) >= 11 is 1.73. The lowest BCUT2D eigenvalue weighted by atomic mass is 10.0. The first-order chi connectivity index (χ1) is 14.7. The van der Waals surface area contributed by atoms with Crippen molar-refractivity contribution in [3.63, 3.8) is 0 Å². The fourth-order valence-corrected chi connectivity index (χ4v) is 5.13. The number of ether oxygens (including phenoxy) is 3. The largest absolute Gasteiger partial charge is 0.497 e. The highest BCUT2D eigenvalue weighted by Gasteiger charge is 2.35. The third-order valence-corrected chi connectivity index (χ3v) is 6.50. The maximum atomic E-state index is 13.9. The Morgan fingerprint density at radius 2 is 1.87 bits per heavy atom. The molecule has 6 heteroatoms. The molecular formula is C24H25NO4S. The Balaban J connectivity index is 1.80. The lowest BCUT2D eigenvalue weighted by molar-refractivity contribution is 0.0757. The fraction of sp³-hybridized carbons (Fsp3) is 0.292. The van der Waals surface area contributed by atoms with E-state index in [1.54, 1.807) is 26.0 Å². The summed E-state index contributed by atoms with van der Waals surface area (Å²) in [6, 6.07) is 17.5. The second-order valence-electron chi connectivity index (χ2n) is 6.92. The smallest absolute Gasteiger partial charge is 0.259 e. The van der Waals surface area contributed by atoms with Crippen molar-refractivity contribution in [3.8, 4) is 17.2 Å². The minimum absolute atomic E-state index is 0.0323. The van der Waals surface area contributed by atoms with E-state index in [1.807, 2.05) is 66.4 Å². The number of benzene rings is 3. The molecule has 0 N–H and O–H groups in total. The number of nitrogens with zero attached hydrogens (tertiary/aromatic N) is 1. The number of rotatable bonds is 6. The van der Waals surface area contributed by atoms with Crippen molar-refractivity contribution in [3.05, 3.63) is 65.7 Å². The zero-order valence-electron chi connectivity index (χ0n) is 17.4. The number of fused-ring (bicyclic) bond motifs is 1. The summed E-state index contributed by atoms with van der Waals surface area (Å²) in [7, 11) is 3.29. The van der Waals surface area contributed by atoms with Crippen LogP contribution in [0.1, 0.15) is 28.2 Å². The molecule has 1 aliphatic rings. The van der Waals surface area contributed by atoms with Crippen molar-refractivity contribution in [2.45, 2.75) is 12.3 Å². The van der Waals surface area contributed by atoms with Crippen LogP contribution in [0.3, 0.4) is 0 Å². The molecule has 1 heterocycles. The standard InChI is InChI=1S/C24H25NO4S/c1-4-29-21-11-9-16-7-5-6-8-18(16)22(21)23(26)25-13-14-30-24(25)19-15-17(27-2)10-12-20(19)28-3/h5-12,15,24H,4,13-14H2,1-3H3. The Morgan fingerprint density at radius 1 is 1.07 bits per heavy atom. The molecular weight excluding hydrogens is 398 g/mol. The van der Waals surface area contributed by atoms with E-state index in [9.17, 15) is 4.79 Å². The van der Waals surface area contributed by atoms with E-state index >= 15 is 0 Å². The number of hydrogen-bond acceptors (Lipinski definition) is 5. The van der Waals surface area contributed by atoms with Gasteiger partial charge >= 0.3 is 0 Å². The van der Waals surface area contributed by atoms with E-state index in [-0.39, 0.29) is 11.3 Å². The van der Waals surface area contributed by atoms with Crippen molar-refractivity contribution < 1.29 is 19.0 Å². The minimum atomic E-state index is -0.156. The molecule has 0 spiro atoms. The van der Waals surface area contributed by atoms with Gasteiger partial charge in [0.05, 0.1) is 26.4 Å². The van der Waals surface area contributed by atoms with Crippen LogP contribution in [0.5, 0.6) is 17.2 Å². The van der Waals surface area contributed by atoms with Gasteiger partial charge in [0.15, 0.2) is 0 Å². The third-order valence-electron chi connectivity index (χ3n) is 5.26. The van der Waals surface area contributed by atoms with Crippen LogP contribution in [0.4, 0.5) is 0 Å². The first-order valence-corrected chi connectivity index (χ1v) is 11.0. The van der Waals surface area contributed by atoms with Gasteiger partial charge in [0.1, 0.15) is 22.6 Å². The minimum Gasteiger partial charge on any atom is -0.497 e. The maximum absolute atomic E-state index is 13.9. The number of hydrogen-bond donors (Lipinski definition) is 0. The van der Waals surface area contributed by atoms with Gasteiger partial charge in [0.2, 0.25) is 0 Å². The van der Waals surface area contributed by atoms with E-state index in [0.29, 0.717) is 24.5 Å². The van der Waals surface area contributed by atoms with Crippen LogP contribution >= 0.6 is 11.8 Å². The second kappa shape index (κ2) is 8.88. The van der Waals surface area contributed by atoms with Crippen LogP contribution in [0.15, 0.2) is 54.6 Å². The van der Waals surface area contributed by atoms with Gasteiger partial charge in [-0.1, -0.05) is 30.3 Å². The quantitative estimate of drug-likeness (QED) is 0.549. The summed E-state index contributed by atoms with van der Waals surface area (Å²) < 4.78 is 16.9. The van der Waals surface area contributed by atoms with Gasteiger partial charge in [-0.05, 0) is 42.0 Å². The maximum Gasteiger partial charge on any atom is 0.259 e. The van der Waals surface area contributed by atoms with E-state index in [2.05, 4.69) is 0 Å². The fourth-order valence-electron chi connectivity index (χ4n) is 3.86. The number of carbonyl (C=O) groups excluding carboxylic acids is 1. The molecule has 156 valence electrons. The van der Waals surface area contributed by atoms with Crippen LogP contribution in [0.25, 0.3) is 10.8 Å². The highest BCUT2D eigenvalue weighted by Crippen LogP contribution is 2.45. The Kier molecular flexibility index (Phi) is 6.04. The Hall–Kier alpha value is -2.86. The first kappa shape index (κ1) is 20.4. The van der Waals surface area contributed by atoms with E-state index < -0.39 is 0 Å². The molecule has 1 unspecified atom stereocenters. The molecule has 0 aromatic heterocycles. The molecule has 0 saturated carbocycles. The van der Waals surface area contributed by atoms with Gasteiger partial charge in [0.25, 0.3) is 5.91 Å². The molecule has 0 radical (unpaired) electrons. The molecule has 1 amide bonds. The van der Waals surface area contributed by atoms with Crippen molar-refractivity contribution in [2.24, 2.45) is 0 Å².